The van der Waals surface area contributed by atoms with Gasteiger partial charge in [-0.3, -0.25) is 4.99 Å². The number of nitrogens with one attached hydrogen (secondary N) is 2. The van der Waals surface area contributed by atoms with E-state index >= 15 is 0 Å². The van der Waals surface area contributed by atoms with E-state index in [2.05, 4.69) is 63.8 Å². The largest absolute Gasteiger partial charge is 0.356 e. The minimum absolute atomic E-state index is 0.857. The van der Waals surface area contributed by atoms with Crippen molar-refractivity contribution < 1.29 is 0 Å². The third-order valence-corrected chi connectivity index (χ3v) is 3.50. The van der Waals surface area contributed by atoms with E-state index in [9.17, 15) is 0 Å². The summed E-state index contributed by atoms with van der Waals surface area (Å²) in [7, 11) is 1.80. The van der Waals surface area contributed by atoms with Gasteiger partial charge in [-0.15, -0.1) is 0 Å². The van der Waals surface area contributed by atoms with Gasteiger partial charge in [0, 0.05) is 39.1 Å². The molecule has 1 aromatic carbocycles. The molecule has 0 saturated heterocycles. The fourth-order valence-corrected chi connectivity index (χ4v) is 2.25. The molecule has 0 radical (unpaired) electrons. The number of hydrogen-bond donors (Lipinski definition) is 2. The second-order valence-electron chi connectivity index (χ2n) is 5.02. The number of benzene rings is 1. The van der Waals surface area contributed by atoms with Gasteiger partial charge < -0.3 is 15.2 Å². The number of guanidine groups is 1. The summed E-state index contributed by atoms with van der Waals surface area (Å²) in [6, 6.07) is 12.6. The van der Waals surface area contributed by atoms with Gasteiger partial charge in [0.05, 0.1) is 0 Å². The number of aliphatic imine (C=N–C) groups is 1. The topological polar surface area (TPSA) is 41.4 Å². The van der Waals surface area contributed by atoms with E-state index in [1.165, 1.54) is 11.1 Å². The molecule has 4 heteroatoms. The molecule has 0 aliphatic carbocycles. The highest BCUT2D eigenvalue weighted by molar-refractivity contribution is 5.79. The second kappa shape index (κ2) is 8.15. The van der Waals surface area contributed by atoms with Crippen molar-refractivity contribution in [1.82, 2.24) is 15.2 Å². The van der Waals surface area contributed by atoms with E-state index in [4.69, 9.17) is 0 Å². The lowest BCUT2D eigenvalue weighted by molar-refractivity contribution is 0.665. The molecule has 1 heterocycles. The Hall–Kier alpha value is -2.23. The Morgan fingerprint density at radius 2 is 1.76 bits per heavy atom. The Bertz CT molecular complexity index is 558. The van der Waals surface area contributed by atoms with Crippen molar-refractivity contribution in [3.05, 3.63) is 59.9 Å². The predicted octanol–water partition coefficient (Wildman–Crippen LogP) is 2.20. The fraction of sp³-hybridized carbons (Fsp3) is 0.353. The van der Waals surface area contributed by atoms with Gasteiger partial charge in [0.25, 0.3) is 0 Å². The highest BCUT2D eigenvalue weighted by Gasteiger charge is 1.99. The first kappa shape index (κ1) is 15.2. The average molecular weight is 284 g/mol. The van der Waals surface area contributed by atoms with Crippen LogP contribution in [0.15, 0.2) is 53.8 Å². The molecule has 0 saturated carbocycles. The van der Waals surface area contributed by atoms with Crippen LogP contribution in [0, 0.1) is 6.92 Å². The molecule has 0 fully saturated rings. The molecule has 21 heavy (non-hydrogen) atoms. The molecular weight excluding hydrogens is 260 g/mol. The SMILES string of the molecule is CN=C(NCCc1ccccc1C)NCCn1cccc1. The van der Waals surface area contributed by atoms with Crippen molar-refractivity contribution >= 4 is 5.96 Å². The van der Waals surface area contributed by atoms with Crippen LogP contribution in [0.1, 0.15) is 11.1 Å². The smallest absolute Gasteiger partial charge is 0.191 e. The van der Waals surface area contributed by atoms with Crippen LogP contribution < -0.4 is 10.6 Å². The lowest BCUT2D eigenvalue weighted by Crippen LogP contribution is -2.39. The summed E-state index contributed by atoms with van der Waals surface area (Å²) in [4.78, 5) is 4.25. The Morgan fingerprint density at radius 1 is 1.05 bits per heavy atom. The maximum absolute atomic E-state index is 4.25. The first-order valence-corrected chi connectivity index (χ1v) is 7.39. The lowest BCUT2D eigenvalue weighted by Gasteiger charge is -2.13. The monoisotopic (exact) mass is 284 g/mol. The molecular formula is C17H24N4. The molecule has 0 bridgehead atoms. The zero-order valence-corrected chi connectivity index (χ0v) is 12.8. The summed E-state index contributed by atoms with van der Waals surface area (Å²) in [6.45, 7) is 4.83. The van der Waals surface area contributed by atoms with E-state index in [-0.39, 0.29) is 0 Å². The zero-order valence-electron chi connectivity index (χ0n) is 12.8. The number of nitrogens with zero attached hydrogens (tertiary/aromatic N) is 2. The van der Waals surface area contributed by atoms with Crippen LogP contribution in [0.2, 0.25) is 0 Å². The summed E-state index contributed by atoms with van der Waals surface area (Å²) in [5.41, 5.74) is 2.72. The molecule has 0 aliphatic heterocycles. The Balaban J connectivity index is 1.69. The van der Waals surface area contributed by atoms with Gasteiger partial charge in [-0.2, -0.15) is 0 Å². The quantitative estimate of drug-likeness (QED) is 0.631. The second-order valence-corrected chi connectivity index (χ2v) is 5.02. The highest BCUT2D eigenvalue weighted by Crippen LogP contribution is 2.06. The van der Waals surface area contributed by atoms with Gasteiger partial charge in [0.15, 0.2) is 5.96 Å². The van der Waals surface area contributed by atoms with Crippen molar-refractivity contribution in [2.45, 2.75) is 19.9 Å². The summed E-state index contributed by atoms with van der Waals surface area (Å²) >= 11 is 0. The molecule has 4 nitrogen and oxygen atoms in total. The first-order chi connectivity index (χ1) is 10.3. The summed E-state index contributed by atoms with van der Waals surface area (Å²) < 4.78 is 2.15. The van der Waals surface area contributed by atoms with Crippen LogP contribution >= 0.6 is 0 Å². The third-order valence-electron chi connectivity index (χ3n) is 3.50. The number of rotatable bonds is 6. The number of aryl methyl sites for hydroxylation is 1. The lowest BCUT2D eigenvalue weighted by atomic mass is 10.1. The van der Waals surface area contributed by atoms with Gasteiger partial charge in [-0.1, -0.05) is 24.3 Å². The van der Waals surface area contributed by atoms with E-state index < -0.39 is 0 Å². The van der Waals surface area contributed by atoms with Crippen molar-refractivity contribution in [1.29, 1.82) is 0 Å². The van der Waals surface area contributed by atoms with E-state index in [0.29, 0.717) is 0 Å². The van der Waals surface area contributed by atoms with Crippen LogP contribution in [-0.2, 0) is 13.0 Å². The van der Waals surface area contributed by atoms with Crippen LogP contribution in [-0.4, -0.2) is 30.7 Å². The van der Waals surface area contributed by atoms with Crippen molar-refractivity contribution in [3.8, 4) is 0 Å². The summed E-state index contributed by atoms with van der Waals surface area (Å²) in [6.07, 6.45) is 5.14. The Morgan fingerprint density at radius 3 is 2.48 bits per heavy atom. The summed E-state index contributed by atoms with van der Waals surface area (Å²) in [5, 5.41) is 6.68. The molecule has 2 N–H and O–H groups in total. The number of hydrogen-bond acceptors (Lipinski definition) is 1. The molecule has 2 aromatic rings. The molecule has 0 amide bonds. The van der Waals surface area contributed by atoms with Gasteiger partial charge in [-0.05, 0) is 36.6 Å². The first-order valence-electron chi connectivity index (χ1n) is 7.39. The summed E-state index contributed by atoms with van der Waals surface area (Å²) in [5.74, 6) is 0.857. The third kappa shape index (κ3) is 4.99. The maximum atomic E-state index is 4.25. The highest BCUT2D eigenvalue weighted by atomic mass is 15.2. The zero-order chi connectivity index (χ0) is 14.9. The normalized spacial score (nSPS) is 11.4. The van der Waals surface area contributed by atoms with Crippen molar-refractivity contribution in [2.24, 2.45) is 4.99 Å². The fourth-order valence-electron chi connectivity index (χ4n) is 2.25. The van der Waals surface area contributed by atoms with Crippen LogP contribution in [0.4, 0.5) is 0 Å². The van der Waals surface area contributed by atoms with Gasteiger partial charge >= 0.3 is 0 Å². The van der Waals surface area contributed by atoms with E-state index in [1.54, 1.807) is 7.05 Å². The van der Waals surface area contributed by atoms with Gasteiger partial charge in [-0.25, -0.2) is 0 Å². The predicted molar refractivity (Wildman–Crippen MR) is 88.7 cm³/mol. The average Bonchev–Trinajstić information content (AvgIpc) is 3.01. The molecule has 1 aromatic heterocycles. The minimum atomic E-state index is 0.857. The van der Waals surface area contributed by atoms with Crippen LogP contribution in [0.5, 0.6) is 0 Å². The van der Waals surface area contributed by atoms with Gasteiger partial charge in [0.2, 0.25) is 0 Å². The van der Waals surface area contributed by atoms with Crippen LogP contribution in [0.3, 0.4) is 0 Å². The Kier molecular flexibility index (Phi) is 5.88. The van der Waals surface area contributed by atoms with Gasteiger partial charge in [0.1, 0.15) is 0 Å². The standard InChI is InChI=1S/C17H24N4/c1-15-7-3-4-8-16(15)9-10-19-17(18-2)20-11-14-21-12-5-6-13-21/h3-8,12-13H,9-11,14H2,1-2H3,(H2,18,19,20). The Labute approximate surface area is 126 Å². The molecule has 2 rings (SSSR count). The molecule has 0 spiro atoms. The number of aromatic nitrogens is 1. The van der Waals surface area contributed by atoms with Crippen molar-refractivity contribution in [3.63, 3.8) is 0 Å². The van der Waals surface area contributed by atoms with E-state index in [1.807, 2.05) is 12.1 Å². The van der Waals surface area contributed by atoms with Crippen LogP contribution in [0.25, 0.3) is 0 Å². The minimum Gasteiger partial charge on any atom is -0.356 e. The van der Waals surface area contributed by atoms with E-state index in [0.717, 1.165) is 32.0 Å². The maximum Gasteiger partial charge on any atom is 0.191 e. The van der Waals surface area contributed by atoms with Crippen molar-refractivity contribution in [2.75, 3.05) is 20.1 Å². The molecule has 0 unspecified atom stereocenters. The molecule has 0 atom stereocenters. The molecule has 112 valence electrons. The molecule has 0 aliphatic rings.